The average molecular weight is 539 g/mol. The van der Waals surface area contributed by atoms with E-state index in [0.717, 1.165) is 5.56 Å². The summed E-state index contributed by atoms with van der Waals surface area (Å²) in [5.74, 6) is 0.551. The minimum absolute atomic E-state index is 0. The monoisotopic (exact) mass is 539 g/mol. The van der Waals surface area contributed by atoms with Crippen molar-refractivity contribution in [1.82, 2.24) is 10.2 Å². The minimum atomic E-state index is -3.37. The molecular weight excluding hydrogens is 515 g/mol. The van der Waals surface area contributed by atoms with Gasteiger partial charge in [0.2, 0.25) is 0 Å². The lowest BCUT2D eigenvalue weighted by Crippen LogP contribution is -2.40. The molecule has 0 aromatic heterocycles. The summed E-state index contributed by atoms with van der Waals surface area (Å²) in [6.07, 6.45) is 0. The third-order valence-corrected chi connectivity index (χ3v) is 5.63. The van der Waals surface area contributed by atoms with Crippen LogP contribution >= 0.6 is 24.0 Å². The molecule has 6 nitrogen and oxygen atoms in total. The fourth-order valence-electron chi connectivity index (χ4n) is 2.55. The summed E-state index contributed by atoms with van der Waals surface area (Å²) < 4.78 is 53.3. The molecule has 0 saturated carbocycles. The van der Waals surface area contributed by atoms with Crippen LogP contribution in [-0.4, -0.2) is 52.3 Å². The van der Waals surface area contributed by atoms with E-state index in [0.29, 0.717) is 12.5 Å². The highest BCUT2D eigenvalue weighted by molar-refractivity contribution is 14.0. The molecule has 10 heteroatoms. The Balaban J connectivity index is 0.00000420. The first-order chi connectivity index (χ1) is 13.3. The van der Waals surface area contributed by atoms with Gasteiger partial charge in [0, 0.05) is 27.2 Å². The lowest BCUT2D eigenvalue weighted by Gasteiger charge is -2.22. The standard InChI is InChI=1S/C19H23F2N3O3S.HI/c1-22-19(23-12-13-28(25,26)17-6-4-3-5-7-17)24(2)14-15-8-10-16(11-9-15)27-18(20)21;/h3-11,18H,12-14H2,1-2H3,(H,22,23);1H. The number of ether oxygens (including phenoxy) is 1. The highest BCUT2D eigenvalue weighted by Gasteiger charge is 2.14. The van der Waals surface area contributed by atoms with Gasteiger partial charge < -0.3 is 15.0 Å². The minimum Gasteiger partial charge on any atom is -0.435 e. The van der Waals surface area contributed by atoms with Gasteiger partial charge in [0.15, 0.2) is 15.8 Å². The van der Waals surface area contributed by atoms with Crippen LogP contribution in [0.25, 0.3) is 0 Å². The van der Waals surface area contributed by atoms with Crippen LogP contribution in [0.15, 0.2) is 64.5 Å². The number of guanidine groups is 1. The molecule has 0 aliphatic rings. The predicted octanol–water partition coefficient (Wildman–Crippen LogP) is 3.39. The van der Waals surface area contributed by atoms with E-state index in [9.17, 15) is 17.2 Å². The smallest absolute Gasteiger partial charge is 0.387 e. The average Bonchev–Trinajstić information content (AvgIpc) is 2.67. The number of hydrogen-bond donors (Lipinski definition) is 1. The van der Waals surface area contributed by atoms with Gasteiger partial charge in [-0.2, -0.15) is 8.78 Å². The van der Waals surface area contributed by atoms with E-state index in [-0.39, 0.29) is 46.9 Å². The second-order valence-electron chi connectivity index (χ2n) is 5.98. The second-order valence-corrected chi connectivity index (χ2v) is 8.09. The Morgan fingerprint density at radius 3 is 2.31 bits per heavy atom. The lowest BCUT2D eigenvalue weighted by molar-refractivity contribution is -0.0498. The van der Waals surface area contributed by atoms with Crippen molar-refractivity contribution in [2.24, 2.45) is 4.99 Å². The number of rotatable bonds is 8. The van der Waals surface area contributed by atoms with Crippen molar-refractivity contribution in [2.45, 2.75) is 18.1 Å². The molecule has 0 saturated heterocycles. The van der Waals surface area contributed by atoms with Crippen molar-refractivity contribution in [3.05, 3.63) is 60.2 Å². The van der Waals surface area contributed by atoms with E-state index in [1.807, 2.05) is 0 Å². The summed E-state index contributed by atoms with van der Waals surface area (Å²) in [6.45, 7) is -2.20. The Morgan fingerprint density at radius 2 is 1.76 bits per heavy atom. The quantitative estimate of drug-likeness (QED) is 0.317. The topological polar surface area (TPSA) is 71.0 Å². The fourth-order valence-corrected chi connectivity index (χ4v) is 3.73. The van der Waals surface area contributed by atoms with Gasteiger partial charge in [0.05, 0.1) is 10.6 Å². The van der Waals surface area contributed by atoms with Gasteiger partial charge >= 0.3 is 6.61 Å². The number of nitrogens with zero attached hydrogens (tertiary/aromatic N) is 2. The van der Waals surface area contributed by atoms with Crippen LogP contribution in [0, 0.1) is 0 Å². The van der Waals surface area contributed by atoms with Crippen LogP contribution in [0.1, 0.15) is 5.56 Å². The van der Waals surface area contributed by atoms with Crippen LogP contribution in [0.5, 0.6) is 5.75 Å². The number of halogens is 3. The molecule has 0 bridgehead atoms. The normalized spacial score (nSPS) is 11.7. The number of benzene rings is 2. The molecule has 0 aliphatic heterocycles. The van der Waals surface area contributed by atoms with Gasteiger partial charge in [-0.05, 0) is 29.8 Å². The summed E-state index contributed by atoms with van der Waals surface area (Å²) in [5.41, 5.74) is 0.865. The Morgan fingerprint density at radius 1 is 1.14 bits per heavy atom. The molecule has 2 aromatic rings. The maximum Gasteiger partial charge on any atom is 0.387 e. The predicted molar refractivity (Wildman–Crippen MR) is 120 cm³/mol. The summed E-state index contributed by atoms with van der Waals surface area (Å²) in [6, 6.07) is 14.6. The molecular formula is C19H24F2IN3O3S. The molecule has 0 heterocycles. The molecule has 0 fully saturated rings. The largest absolute Gasteiger partial charge is 0.435 e. The zero-order valence-corrected chi connectivity index (χ0v) is 19.2. The van der Waals surface area contributed by atoms with E-state index in [1.54, 1.807) is 61.5 Å². The maximum atomic E-state index is 12.3. The molecule has 2 rings (SSSR count). The van der Waals surface area contributed by atoms with Crippen LogP contribution in [-0.2, 0) is 16.4 Å². The molecule has 0 atom stereocenters. The van der Waals surface area contributed by atoms with Crippen molar-refractivity contribution in [1.29, 1.82) is 0 Å². The van der Waals surface area contributed by atoms with Gasteiger partial charge in [0.25, 0.3) is 0 Å². The Kier molecular flexibility index (Phi) is 10.3. The molecule has 0 aliphatic carbocycles. The van der Waals surface area contributed by atoms with Crippen molar-refractivity contribution in [2.75, 3.05) is 26.4 Å². The van der Waals surface area contributed by atoms with E-state index in [2.05, 4.69) is 15.0 Å². The van der Waals surface area contributed by atoms with Crippen LogP contribution < -0.4 is 10.1 Å². The number of alkyl halides is 2. The molecule has 0 radical (unpaired) electrons. The van der Waals surface area contributed by atoms with Crippen molar-refractivity contribution in [3.63, 3.8) is 0 Å². The van der Waals surface area contributed by atoms with Gasteiger partial charge in [-0.15, -0.1) is 24.0 Å². The summed E-state index contributed by atoms with van der Waals surface area (Å²) >= 11 is 0. The first-order valence-corrected chi connectivity index (χ1v) is 10.2. The Bertz CT molecular complexity index is 879. The number of aliphatic imine (C=N–C) groups is 1. The second kappa shape index (κ2) is 11.9. The van der Waals surface area contributed by atoms with Gasteiger partial charge in [-0.3, -0.25) is 4.99 Å². The molecule has 0 amide bonds. The zero-order chi connectivity index (χ0) is 20.6. The maximum absolute atomic E-state index is 12.3. The van der Waals surface area contributed by atoms with Gasteiger partial charge in [0.1, 0.15) is 5.75 Å². The van der Waals surface area contributed by atoms with E-state index < -0.39 is 16.4 Å². The first kappa shape index (κ1) is 25.1. The molecule has 1 N–H and O–H groups in total. The molecule has 29 heavy (non-hydrogen) atoms. The number of hydrogen-bond acceptors (Lipinski definition) is 4. The van der Waals surface area contributed by atoms with E-state index >= 15 is 0 Å². The molecule has 160 valence electrons. The van der Waals surface area contributed by atoms with Crippen molar-refractivity contribution < 1.29 is 21.9 Å². The van der Waals surface area contributed by atoms with Gasteiger partial charge in [-0.25, -0.2) is 8.42 Å². The summed E-state index contributed by atoms with van der Waals surface area (Å²) in [5, 5.41) is 3.03. The van der Waals surface area contributed by atoms with Crippen molar-refractivity contribution >= 4 is 39.8 Å². The Hall–Kier alpha value is -1.95. The van der Waals surface area contributed by atoms with Crippen LogP contribution in [0.3, 0.4) is 0 Å². The summed E-state index contributed by atoms with van der Waals surface area (Å²) in [7, 11) is 0.0228. The van der Waals surface area contributed by atoms with Crippen LogP contribution in [0.4, 0.5) is 8.78 Å². The SMILES string of the molecule is CN=C(NCCS(=O)(=O)c1ccccc1)N(C)Cc1ccc(OC(F)F)cc1.I. The van der Waals surface area contributed by atoms with Gasteiger partial charge in [-0.1, -0.05) is 30.3 Å². The molecule has 0 spiro atoms. The fraction of sp³-hybridized carbons (Fsp3) is 0.316. The highest BCUT2D eigenvalue weighted by Crippen LogP contribution is 2.16. The third-order valence-electron chi connectivity index (χ3n) is 3.90. The first-order valence-electron chi connectivity index (χ1n) is 8.55. The highest BCUT2D eigenvalue weighted by atomic mass is 127. The zero-order valence-electron chi connectivity index (χ0n) is 16.1. The third kappa shape index (κ3) is 8.13. The number of nitrogens with one attached hydrogen (secondary N) is 1. The molecule has 2 aromatic carbocycles. The van der Waals surface area contributed by atoms with Crippen molar-refractivity contribution in [3.8, 4) is 5.75 Å². The summed E-state index contributed by atoms with van der Waals surface area (Å²) in [4.78, 5) is 6.23. The number of sulfone groups is 1. The Labute approximate surface area is 186 Å². The molecule has 0 unspecified atom stereocenters. The lowest BCUT2D eigenvalue weighted by atomic mass is 10.2. The van der Waals surface area contributed by atoms with Crippen LogP contribution in [0.2, 0.25) is 0 Å². The van der Waals surface area contributed by atoms with E-state index in [4.69, 9.17) is 0 Å². The van der Waals surface area contributed by atoms with E-state index in [1.165, 1.54) is 12.1 Å².